The number of thiocarbonyl (C=S) groups is 1. The number of para-hydroxylation sites is 1. The predicted octanol–water partition coefficient (Wildman–Crippen LogP) is 4.78. The molecule has 2 aromatic carbocycles. The minimum absolute atomic E-state index is 0.522. The van der Waals surface area contributed by atoms with E-state index in [4.69, 9.17) is 17.0 Å². The van der Waals surface area contributed by atoms with Crippen LogP contribution in [0.3, 0.4) is 0 Å². The number of piperazine rings is 1. The lowest BCUT2D eigenvalue weighted by Gasteiger charge is -2.37. The Hall–Kier alpha value is -3.07. The molecule has 31 heavy (non-hydrogen) atoms. The molecule has 1 aliphatic heterocycles. The van der Waals surface area contributed by atoms with Gasteiger partial charge in [0.05, 0.1) is 18.2 Å². The lowest BCUT2D eigenvalue weighted by molar-refractivity contribution is -0.137. The van der Waals surface area contributed by atoms with E-state index in [1.165, 1.54) is 12.1 Å². The van der Waals surface area contributed by atoms with Gasteiger partial charge >= 0.3 is 6.18 Å². The molecule has 9 heteroatoms. The minimum Gasteiger partial charge on any atom is -0.496 e. The number of fused-ring (bicyclic) bond motifs is 1. The molecule has 1 saturated heterocycles. The number of pyridine rings is 1. The third-order valence-corrected chi connectivity index (χ3v) is 5.60. The molecule has 3 aromatic rings. The standard InChI is InChI=1S/C22H21F3N4OS/c1-30-19-14-20(26-18-8-3-2-7-17(18)19)27-21(31)29-11-9-28(10-12-29)16-6-4-5-15(13-16)22(23,24)25/h2-8,13-14H,9-12H2,1H3,(H,26,27,31). The number of alkyl halides is 3. The summed E-state index contributed by atoms with van der Waals surface area (Å²) in [4.78, 5) is 8.52. The molecule has 2 heterocycles. The number of aromatic nitrogens is 1. The fraction of sp³-hybridized carbons (Fsp3) is 0.273. The van der Waals surface area contributed by atoms with Gasteiger partial charge in [-0.3, -0.25) is 0 Å². The number of nitrogens with one attached hydrogen (secondary N) is 1. The quantitative estimate of drug-likeness (QED) is 0.584. The minimum atomic E-state index is -4.35. The van der Waals surface area contributed by atoms with Crippen LogP contribution in [0.15, 0.2) is 54.6 Å². The van der Waals surface area contributed by atoms with Crippen molar-refractivity contribution in [3.05, 3.63) is 60.2 Å². The lowest BCUT2D eigenvalue weighted by Crippen LogP contribution is -2.50. The van der Waals surface area contributed by atoms with Crippen molar-refractivity contribution in [3.63, 3.8) is 0 Å². The van der Waals surface area contributed by atoms with Crippen LogP contribution in [0.4, 0.5) is 24.7 Å². The summed E-state index contributed by atoms with van der Waals surface area (Å²) in [5.41, 5.74) is 0.719. The molecule has 0 spiro atoms. The normalized spacial score (nSPS) is 14.6. The first-order valence-electron chi connectivity index (χ1n) is 9.77. The van der Waals surface area contributed by atoms with E-state index in [0.717, 1.165) is 17.0 Å². The van der Waals surface area contributed by atoms with Crippen LogP contribution in [0.2, 0.25) is 0 Å². The van der Waals surface area contributed by atoms with Gasteiger partial charge < -0.3 is 19.9 Å². The van der Waals surface area contributed by atoms with Crippen molar-refractivity contribution in [1.82, 2.24) is 9.88 Å². The smallest absolute Gasteiger partial charge is 0.416 e. The van der Waals surface area contributed by atoms with Gasteiger partial charge in [-0.1, -0.05) is 18.2 Å². The molecule has 1 aromatic heterocycles. The van der Waals surface area contributed by atoms with Gasteiger partial charge in [0, 0.05) is 43.3 Å². The van der Waals surface area contributed by atoms with Crippen LogP contribution in [0, 0.1) is 0 Å². The molecule has 4 rings (SSSR count). The number of hydrogen-bond donors (Lipinski definition) is 1. The first kappa shape index (κ1) is 21.2. The first-order valence-corrected chi connectivity index (χ1v) is 10.2. The molecule has 0 atom stereocenters. The number of ether oxygens (including phenoxy) is 1. The van der Waals surface area contributed by atoms with Crippen LogP contribution < -0.4 is 15.0 Å². The van der Waals surface area contributed by atoms with E-state index < -0.39 is 11.7 Å². The second kappa shape index (κ2) is 8.58. The monoisotopic (exact) mass is 446 g/mol. The van der Waals surface area contributed by atoms with Gasteiger partial charge in [0.1, 0.15) is 11.6 Å². The van der Waals surface area contributed by atoms with Crippen molar-refractivity contribution < 1.29 is 17.9 Å². The van der Waals surface area contributed by atoms with E-state index in [0.29, 0.717) is 48.5 Å². The van der Waals surface area contributed by atoms with Gasteiger partial charge in [-0.15, -0.1) is 0 Å². The summed E-state index contributed by atoms with van der Waals surface area (Å²) in [5, 5.41) is 4.60. The largest absolute Gasteiger partial charge is 0.496 e. The first-order chi connectivity index (χ1) is 14.8. The van der Waals surface area contributed by atoms with E-state index in [-0.39, 0.29) is 0 Å². The number of halogens is 3. The molecule has 1 fully saturated rings. The predicted molar refractivity (Wildman–Crippen MR) is 120 cm³/mol. The zero-order chi connectivity index (χ0) is 22.0. The van der Waals surface area contributed by atoms with Gasteiger partial charge in [0.15, 0.2) is 5.11 Å². The molecule has 1 aliphatic rings. The summed E-state index contributed by atoms with van der Waals surface area (Å²) in [7, 11) is 1.61. The van der Waals surface area contributed by atoms with Crippen LogP contribution in [0.1, 0.15) is 5.56 Å². The third kappa shape index (κ3) is 4.66. The highest BCUT2D eigenvalue weighted by Gasteiger charge is 2.31. The fourth-order valence-corrected chi connectivity index (χ4v) is 3.90. The summed E-state index contributed by atoms with van der Waals surface area (Å²) >= 11 is 5.55. The Kier molecular flexibility index (Phi) is 5.86. The van der Waals surface area contributed by atoms with Crippen molar-refractivity contribution in [2.24, 2.45) is 0 Å². The lowest BCUT2D eigenvalue weighted by atomic mass is 10.1. The maximum Gasteiger partial charge on any atom is 0.416 e. The number of hydrogen-bond acceptors (Lipinski definition) is 4. The van der Waals surface area contributed by atoms with E-state index in [2.05, 4.69) is 10.3 Å². The molecule has 0 saturated carbocycles. The summed E-state index contributed by atoms with van der Waals surface area (Å²) in [5.74, 6) is 1.28. The van der Waals surface area contributed by atoms with Crippen molar-refractivity contribution in [3.8, 4) is 5.75 Å². The van der Waals surface area contributed by atoms with Crippen LogP contribution in [0.5, 0.6) is 5.75 Å². The average Bonchev–Trinajstić information content (AvgIpc) is 2.78. The Morgan fingerprint density at radius 1 is 1.03 bits per heavy atom. The van der Waals surface area contributed by atoms with Crippen LogP contribution in [0.25, 0.3) is 10.9 Å². The Morgan fingerprint density at radius 2 is 1.77 bits per heavy atom. The van der Waals surface area contributed by atoms with E-state index in [1.807, 2.05) is 34.1 Å². The second-order valence-corrected chi connectivity index (χ2v) is 7.57. The van der Waals surface area contributed by atoms with Crippen molar-refractivity contribution in [2.45, 2.75) is 6.18 Å². The number of methoxy groups -OCH3 is 1. The molecular weight excluding hydrogens is 425 g/mol. The zero-order valence-electron chi connectivity index (χ0n) is 16.8. The van der Waals surface area contributed by atoms with E-state index in [1.54, 1.807) is 19.2 Å². The van der Waals surface area contributed by atoms with E-state index in [9.17, 15) is 13.2 Å². The molecule has 0 bridgehead atoms. The maximum atomic E-state index is 13.0. The van der Waals surface area contributed by atoms with Crippen molar-refractivity contribution in [1.29, 1.82) is 0 Å². The van der Waals surface area contributed by atoms with Gasteiger partial charge in [0.25, 0.3) is 0 Å². The molecule has 0 amide bonds. The van der Waals surface area contributed by atoms with Crippen molar-refractivity contribution in [2.75, 3.05) is 43.5 Å². The van der Waals surface area contributed by atoms with Gasteiger partial charge in [-0.05, 0) is 42.5 Å². The Bertz CT molecular complexity index is 1100. The van der Waals surface area contributed by atoms with E-state index >= 15 is 0 Å². The van der Waals surface area contributed by atoms with Gasteiger partial charge in [-0.25, -0.2) is 4.98 Å². The number of rotatable bonds is 3. The molecular formula is C22H21F3N4OS. The average molecular weight is 446 g/mol. The molecule has 0 aliphatic carbocycles. The Labute approximate surface area is 183 Å². The summed E-state index contributed by atoms with van der Waals surface area (Å²) in [6.45, 7) is 2.31. The topological polar surface area (TPSA) is 40.6 Å². The van der Waals surface area contributed by atoms with Gasteiger partial charge in [0.2, 0.25) is 0 Å². The van der Waals surface area contributed by atoms with Crippen molar-refractivity contribution >= 4 is 39.7 Å². The highest BCUT2D eigenvalue weighted by Crippen LogP contribution is 2.32. The summed E-state index contributed by atoms with van der Waals surface area (Å²) in [6.07, 6.45) is -4.35. The fourth-order valence-electron chi connectivity index (χ4n) is 3.61. The number of benzene rings is 2. The highest BCUT2D eigenvalue weighted by atomic mass is 32.1. The summed E-state index contributed by atoms with van der Waals surface area (Å²) in [6, 6.07) is 14.9. The molecule has 0 radical (unpaired) electrons. The van der Waals surface area contributed by atoms with Crippen LogP contribution in [-0.2, 0) is 6.18 Å². The van der Waals surface area contributed by atoms with Gasteiger partial charge in [-0.2, -0.15) is 13.2 Å². The Balaban J connectivity index is 1.42. The zero-order valence-corrected chi connectivity index (χ0v) is 17.6. The number of anilines is 2. The maximum absolute atomic E-state index is 13.0. The van der Waals surface area contributed by atoms with Crippen LogP contribution in [-0.4, -0.2) is 48.3 Å². The second-order valence-electron chi connectivity index (χ2n) is 7.18. The third-order valence-electron chi connectivity index (χ3n) is 5.24. The Morgan fingerprint density at radius 3 is 2.48 bits per heavy atom. The molecule has 5 nitrogen and oxygen atoms in total. The van der Waals surface area contributed by atoms with Crippen LogP contribution >= 0.6 is 12.2 Å². The number of nitrogens with zero attached hydrogens (tertiary/aromatic N) is 3. The highest BCUT2D eigenvalue weighted by molar-refractivity contribution is 7.80. The SMILES string of the molecule is COc1cc(NC(=S)N2CCN(c3cccc(C(F)(F)F)c3)CC2)nc2ccccc12. The molecule has 0 unspecified atom stereocenters. The molecule has 162 valence electrons. The molecule has 1 N–H and O–H groups in total. The summed E-state index contributed by atoms with van der Waals surface area (Å²) < 4.78 is 44.5.